The zero-order chi connectivity index (χ0) is 16.4. The van der Waals surface area contributed by atoms with Gasteiger partial charge in [-0.25, -0.2) is 0 Å². The van der Waals surface area contributed by atoms with Crippen LogP contribution >= 0.6 is 11.6 Å². The molecule has 0 bridgehead atoms. The van der Waals surface area contributed by atoms with Crippen molar-refractivity contribution in [3.8, 4) is 5.75 Å². The van der Waals surface area contributed by atoms with E-state index in [2.05, 4.69) is 16.1 Å². The number of carbonyl (C=O) groups is 1. The number of methoxy groups -OCH3 is 1. The van der Waals surface area contributed by atoms with Crippen LogP contribution in [0.2, 0.25) is 5.02 Å². The first-order chi connectivity index (χ1) is 11.1. The number of ether oxygens (including phenoxy) is 1. The monoisotopic (exact) mass is 334 g/mol. The number of hydrogen-bond donors (Lipinski definition) is 0. The average Bonchev–Trinajstić information content (AvgIpc) is 2.93. The zero-order valence-corrected chi connectivity index (χ0v) is 14.0. The molecule has 1 aromatic heterocycles. The van der Waals surface area contributed by atoms with E-state index in [9.17, 15) is 4.79 Å². The van der Waals surface area contributed by atoms with E-state index in [4.69, 9.17) is 16.3 Å². The molecule has 122 valence electrons. The van der Waals surface area contributed by atoms with Crippen LogP contribution < -0.4 is 9.64 Å². The predicted octanol–water partition coefficient (Wildman–Crippen LogP) is 2.04. The number of anilines is 1. The van der Waals surface area contributed by atoms with Crippen molar-refractivity contribution in [3.63, 3.8) is 0 Å². The number of hydrogen-bond acceptors (Lipinski definition) is 4. The number of aryl methyl sites for hydroxylation is 1. The number of amides is 1. The van der Waals surface area contributed by atoms with Crippen molar-refractivity contribution in [3.05, 3.63) is 41.2 Å². The Bertz CT molecular complexity index is 688. The van der Waals surface area contributed by atoms with Crippen LogP contribution in [0.4, 0.5) is 5.69 Å². The van der Waals surface area contributed by atoms with E-state index in [1.165, 1.54) is 10.9 Å². The van der Waals surface area contributed by atoms with Crippen molar-refractivity contribution in [2.24, 2.45) is 7.05 Å². The lowest BCUT2D eigenvalue weighted by molar-refractivity contribution is 0.0736. The highest BCUT2D eigenvalue weighted by molar-refractivity contribution is 6.33. The van der Waals surface area contributed by atoms with Gasteiger partial charge in [-0.05, 0) is 12.1 Å². The molecule has 2 aromatic rings. The predicted molar refractivity (Wildman–Crippen MR) is 89.3 cm³/mol. The Morgan fingerprint density at radius 2 is 2.00 bits per heavy atom. The fourth-order valence-electron chi connectivity index (χ4n) is 2.78. The fourth-order valence-corrected chi connectivity index (χ4v) is 3.02. The molecule has 6 nitrogen and oxygen atoms in total. The first-order valence-corrected chi connectivity index (χ1v) is 7.83. The Kier molecular flexibility index (Phi) is 4.43. The maximum absolute atomic E-state index is 12.6. The number of carbonyl (C=O) groups excluding carboxylic acids is 1. The summed E-state index contributed by atoms with van der Waals surface area (Å²) in [6.45, 7) is 2.85. The normalized spacial score (nSPS) is 14.9. The molecule has 3 rings (SSSR count). The van der Waals surface area contributed by atoms with Gasteiger partial charge in [-0.3, -0.25) is 9.48 Å². The molecule has 1 amide bonds. The van der Waals surface area contributed by atoms with Gasteiger partial charge in [-0.2, -0.15) is 5.10 Å². The zero-order valence-electron chi connectivity index (χ0n) is 13.2. The van der Waals surface area contributed by atoms with Crippen LogP contribution in [0.5, 0.6) is 5.75 Å². The number of aromatic nitrogens is 2. The standard InChI is InChI=1S/C16H19ClN4O2/c1-19-15(14(17)11-18-19)16(22)21-8-6-20(7-9-21)12-4-3-5-13(10-12)23-2/h3-5,10-11H,6-9H2,1-2H3. The molecule has 0 N–H and O–H groups in total. The second kappa shape index (κ2) is 6.50. The lowest BCUT2D eigenvalue weighted by Gasteiger charge is -2.36. The molecule has 23 heavy (non-hydrogen) atoms. The Morgan fingerprint density at radius 1 is 1.26 bits per heavy atom. The van der Waals surface area contributed by atoms with Crippen LogP contribution in [0.25, 0.3) is 0 Å². The van der Waals surface area contributed by atoms with Crippen molar-refractivity contribution in [1.29, 1.82) is 0 Å². The molecule has 2 heterocycles. The average molecular weight is 335 g/mol. The third kappa shape index (κ3) is 3.12. The van der Waals surface area contributed by atoms with Gasteiger partial charge in [0, 0.05) is 45.0 Å². The molecule has 0 aliphatic carbocycles. The first-order valence-electron chi connectivity index (χ1n) is 7.46. The number of piperazine rings is 1. The summed E-state index contributed by atoms with van der Waals surface area (Å²) in [5, 5.41) is 4.42. The largest absolute Gasteiger partial charge is 0.497 e. The van der Waals surface area contributed by atoms with Crippen LogP contribution in [-0.2, 0) is 7.05 Å². The van der Waals surface area contributed by atoms with Gasteiger partial charge in [-0.15, -0.1) is 0 Å². The van der Waals surface area contributed by atoms with Gasteiger partial charge in [0.25, 0.3) is 5.91 Å². The molecule has 1 fully saturated rings. The topological polar surface area (TPSA) is 50.6 Å². The van der Waals surface area contributed by atoms with Gasteiger partial charge < -0.3 is 14.5 Å². The third-order valence-corrected chi connectivity index (χ3v) is 4.36. The molecule has 1 aliphatic heterocycles. The van der Waals surface area contributed by atoms with Crippen molar-refractivity contribution < 1.29 is 9.53 Å². The SMILES string of the molecule is COc1cccc(N2CCN(C(=O)c3c(Cl)cnn3C)CC2)c1. The smallest absolute Gasteiger partial charge is 0.273 e. The van der Waals surface area contributed by atoms with E-state index in [1.807, 2.05) is 23.1 Å². The molecule has 1 aliphatic rings. The molecule has 1 saturated heterocycles. The minimum Gasteiger partial charge on any atom is -0.497 e. The quantitative estimate of drug-likeness (QED) is 0.862. The Morgan fingerprint density at radius 3 is 2.61 bits per heavy atom. The van der Waals surface area contributed by atoms with E-state index >= 15 is 0 Å². The Balaban J connectivity index is 1.67. The number of benzene rings is 1. The highest BCUT2D eigenvalue weighted by Gasteiger charge is 2.26. The summed E-state index contributed by atoms with van der Waals surface area (Å²) in [6.07, 6.45) is 1.50. The van der Waals surface area contributed by atoms with E-state index in [0.29, 0.717) is 23.8 Å². The Hall–Kier alpha value is -2.21. The van der Waals surface area contributed by atoms with Gasteiger partial charge in [0.1, 0.15) is 11.4 Å². The molecule has 0 radical (unpaired) electrons. The molecule has 0 atom stereocenters. The maximum atomic E-state index is 12.6. The summed E-state index contributed by atoms with van der Waals surface area (Å²) < 4.78 is 6.79. The summed E-state index contributed by atoms with van der Waals surface area (Å²) in [4.78, 5) is 16.7. The fraction of sp³-hybridized carbons (Fsp3) is 0.375. The second-order valence-electron chi connectivity index (χ2n) is 5.45. The first kappa shape index (κ1) is 15.7. The number of halogens is 1. The molecule has 7 heteroatoms. The lowest BCUT2D eigenvalue weighted by Crippen LogP contribution is -2.49. The summed E-state index contributed by atoms with van der Waals surface area (Å²) in [5.41, 5.74) is 1.55. The van der Waals surface area contributed by atoms with Gasteiger partial charge in [0.2, 0.25) is 0 Å². The van der Waals surface area contributed by atoms with Gasteiger partial charge in [-0.1, -0.05) is 17.7 Å². The minimum absolute atomic E-state index is 0.0692. The van der Waals surface area contributed by atoms with Gasteiger partial charge in [0.05, 0.1) is 18.3 Å². The summed E-state index contributed by atoms with van der Waals surface area (Å²) in [7, 11) is 3.39. The van der Waals surface area contributed by atoms with Gasteiger partial charge in [0.15, 0.2) is 0 Å². The number of nitrogens with zero attached hydrogens (tertiary/aromatic N) is 4. The van der Waals surface area contributed by atoms with Crippen LogP contribution in [0.15, 0.2) is 30.5 Å². The summed E-state index contributed by atoms with van der Waals surface area (Å²) >= 11 is 6.06. The molecule has 0 saturated carbocycles. The second-order valence-corrected chi connectivity index (χ2v) is 5.85. The van der Waals surface area contributed by atoms with Crippen molar-refractivity contribution in [2.75, 3.05) is 38.2 Å². The number of rotatable bonds is 3. The molecular formula is C16H19ClN4O2. The van der Waals surface area contributed by atoms with Crippen molar-refractivity contribution in [2.45, 2.75) is 0 Å². The van der Waals surface area contributed by atoms with E-state index in [0.717, 1.165) is 24.5 Å². The van der Waals surface area contributed by atoms with Crippen LogP contribution in [0.1, 0.15) is 10.5 Å². The molecular weight excluding hydrogens is 316 g/mol. The van der Waals surface area contributed by atoms with Crippen LogP contribution in [-0.4, -0.2) is 53.9 Å². The highest BCUT2D eigenvalue weighted by atomic mass is 35.5. The summed E-state index contributed by atoms with van der Waals surface area (Å²) in [6, 6.07) is 7.96. The van der Waals surface area contributed by atoms with Gasteiger partial charge >= 0.3 is 0 Å². The summed E-state index contributed by atoms with van der Waals surface area (Å²) in [5.74, 6) is 0.767. The molecule has 0 unspecified atom stereocenters. The van der Waals surface area contributed by atoms with E-state index in [-0.39, 0.29) is 5.91 Å². The Labute approximate surface area is 140 Å². The molecule has 1 aromatic carbocycles. The minimum atomic E-state index is -0.0692. The van der Waals surface area contributed by atoms with E-state index in [1.54, 1.807) is 14.2 Å². The van der Waals surface area contributed by atoms with Crippen LogP contribution in [0, 0.1) is 0 Å². The van der Waals surface area contributed by atoms with E-state index < -0.39 is 0 Å². The van der Waals surface area contributed by atoms with Crippen molar-refractivity contribution >= 4 is 23.2 Å². The molecule has 0 spiro atoms. The van der Waals surface area contributed by atoms with Crippen molar-refractivity contribution in [1.82, 2.24) is 14.7 Å². The van der Waals surface area contributed by atoms with Crippen LogP contribution in [0.3, 0.4) is 0 Å². The maximum Gasteiger partial charge on any atom is 0.273 e. The lowest BCUT2D eigenvalue weighted by atomic mass is 10.2. The third-order valence-electron chi connectivity index (χ3n) is 4.08. The highest BCUT2D eigenvalue weighted by Crippen LogP contribution is 2.23.